The van der Waals surface area contributed by atoms with Gasteiger partial charge in [-0.25, -0.2) is 0 Å². The molecule has 0 aliphatic carbocycles. The highest BCUT2D eigenvalue weighted by molar-refractivity contribution is 9.10. The van der Waals surface area contributed by atoms with Gasteiger partial charge in [-0.1, -0.05) is 0 Å². The van der Waals surface area contributed by atoms with Crippen molar-refractivity contribution in [3.8, 4) is 0 Å². The fourth-order valence-corrected chi connectivity index (χ4v) is 1.36. The van der Waals surface area contributed by atoms with E-state index in [9.17, 15) is 9.90 Å². The molecule has 4 nitrogen and oxygen atoms in total. The van der Waals surface area contributed by atoms with Crippen LogP contribution in [0.2, 0.25) is 0 Å². The molecule has 0 saturated heterocycles. The first-order chi connectivity index (χ1) is 7.29. The van der Waals surface area contributed by atoms with E-state index in [0.29, 0.717) is 5.69 Å². The Morgan fingerprint density at radius 1 is 1.50 bits per heavy atom. The van der Waals surface area contributed by atoms with Crippen molar-refractivity contribution < 1.29 is 9.90 Å². The van der Waals surface area contributed by atoms with E-state index >= 15 is 0 Å². The average molecular weight is 287 g/mol. The van der Waals surface area contributed by atoms with E-state index in [4.69, 9.17) is 0 Å². The topological polar surface area (TPSA) is 62.2 Å². The molecular formula is C11H15BrN2O2. The lowest BCUT2D eigenvalue weighted by molar-refractivity contribution is -0.131. The van der Waals surface area contributed by atoms with Crippen LogP contribution in [-0.4, -0.2) is 21.5 Å². The van der Waals surface area contributed by atoms with Crippen molar-refractivity contribution in [1.29, 1.82) is 0 Å². The van der Waals surface area contributed by atoms with Crippen molar-refractivity contribution in [3.05, 3.63) is 28.5 Å². The van der Waals surface area contributed by atoms with Crippen molar-refractivity contribution in [3.63, 3.8) is 0 Å². The molecule has 1 aromatic rings. The Morgan fingerprint density at radius 3 is 2.56 bits per heavy atom. The SMILES string of the molecule is CC(C)(C)NC(=O)C(O)c1ccc(Br)cn1. The lowest BCUT2D eigenvalue weighted by Gasteiger charge is -2.22. The molecule has 0 aliphatic rings. The van der Waals surface area contributed by atoms with Crippen LogP contribution < -0.4 is 5.32 Å². The number of pyridine rings is 1. The van der Waals surface area contributed by atoms with Crippen molar-refractivity contribution in [1.82, 2.24) is 10.3 Å². The van der Waals surface area contributed by atoms with E-state index in [-0.39, 0.29) is 5.54 Å². The van der Waals surface area contributed by atoms with Crippen LogP contribution in [0.25, 0.3) is 0 Å². The summed E-state index contributed by atoms with van der Waals surface area (Å²) in [5.41, 5.74) is -0.0297. The Bertz CT molecular complexity index is 371. The number of aliphatic hydroxyl groups is 1. The molecular weight excluding hydrogens is 272 g/mol. The number of rotatable bonds is 2. The van der Waals surface area contributed by atoms with Gasteiger partial charge >= 0.3 is 0 Å². The summed E-state index contributed by atoms with van der Waals surface area (Å²) < 4.78 is 0.805. The van der Waals surface area contributed by atoms with E-state index in [0.717, 1.165) is 4.47 Å². The van der Waals surface area contributed by atoms with Gasteiger partial charge in [0.25, 0.3) is 5.91 Å². The number of aromatic nitrogens is 1. The minimum absolute atomic E-state index is 0.338. The predicted octanol–water partition coefficient (Wildman–Crippen LogP) is 1.79. The highest BCUT2D eigenvalue weighted by atomic mass is 79.9. The molecule has 1 amide bonds. The number of carbonyl (C=O) groups excluding carboxylic acids is 1. The summed E-state index contributed by atoms with van der Waals surface area (Å²) in [5, 5.41) is 12.4. The lowest BCUT2D eigenvalue weighted by atomic mass is 10.1. The molecule has 2 N–H and O–H groups in total. The summed E-state index contributed by atoms with van der Waals surface area (Å²) in [5.74, 6) is -0.442. The quantitative estimate of drug-likeness (QED) is 0.871. The van der Waals surface area contributed by atoms with Crippen LogP contribution in [-0.2, 0) is 4.79 Å². The van der Waals surface area contributed by atoms with E-state index < -0.39 is 12.0 Å². The average Bonchev–Trinajstić information content (AvgIpc) is 2.15. The first-order valence-electron chi connectivity index (χ1n) is 4.91. The first kappa shape index (κ1) is 13.1. The highest BCUT2D eigenvalue weighted by Gasteiger charge is 2.22. The Balaban J connectivity index is 2.74. The summed E-state index contributed by atoms with van der Waals surface area (Å²) in [7, 11) is 0. The smallest absolute Gasteiger partial charge is 0.255 e. The van der Waals surface area contributed by atoms with Gasteiger partial charge in [-0.2, -0.15) is 0 Å². The van der Waals surface area contributed by atoms with Gasteiger partial charge in [0, 0.05) is 16.2 Å². The molecule has 0 saturated carbocycles. The minimum atomic E-state index is -1.23. The molecule has 1 aromatic heterocycles. The summed E-state index contributed by atoms with van der Waals surface area (Å²) in [6.45, 7) is 5.56. The van der Waals surface area contributed by atoms with E-state index in [1.54, 1.807) is 18.3 Å². The monoisotopic (exact) mass is 286 g/mol. The molecule has 0 bridgehead atoms. The predicted molar refractivity (Wildman–Crippen MR) is 64.8 cm³/mol. The molecule has 1 heterocycles. The van der Waals surface area contributed by atoms with Crippen LogP contribution in [0.1, 0.15) is 32.6 Å². The summed E-state index contributed by atoms with van der Waals surface area (Å²) in [4.78, 5) is 15.6. The summed E-state index contributed by atoms with van der Waals surface area (Å²) >= 11 is 3.24. The van der Waals surface area contributed by atoms with Crippen molar-refractivity contribution in [2.45, 2.75) is 32.4 Å². The van der Waals surface area contributed by atoms with Gasteiger partial charge in [0.2, 0.25) is 0 Å². The summed E-state index contributed by atoms with van der Waals surface area (Å²) in [6.07, 6.45) is 0.315. The molecule has 5 heteroatoms. The molecule has 1 atom stereocenters. The van der Waals surface area contributed by atoms with Gasteiger partial charge in [0.15, 0.2) is 6.10 Å². The maximum absolute atomic E-state index is 11.6. The van der Waals surface area contributed by atoms with Crippen molar-refractivity contribution in [2.75, 3.05) is 0 Å². The van der Waals surface area contributed by atoms with E-state index in [2.05, 4.69) is 26.2 Å². The number of hydrogen-bond donors (Lipinski definition) is 2. The molecule has 0 spiro atoms. The number of hydrogen-bond acceptors (Lipinski definition) is 3. The Labute approximate surface area is 103 Å². The Morgan fingerprint density at radius 2 is 2.12 bits per heavy atom. The number of carbonyl (C=O) groups is 1. The number of aliphatic hydroxyl groups excluding tert-OH is 1. The minimum Gasteiger partial charge on any atom is -0.377 e. The fourth-order valence-electron chi connectivity index (χ4n) is 1.12. The van der Waals surface area contributed by atoms with Gasteiger partial charge in [-0.3, -0.25) is 9.78 Å². The normalized spacial score (nSPS) is 13.3. The van der Waals surface area contributed by atoms with Crippen LogP contribution in [0.4, 0.5) is 0 Å². The van der Waals surface area contributed by atoms with E-state index in [1.165, 1.54) is 0 Å². The Hall–Kier alpha value is -0.940. The molecule has 1 unspecified atom stereocenters. The van der Waals surface area contributed by atoms with Crippen LogP contribution in [0.3, 0.4) is 0 Å². The fraction of sp³-hybridized carbons (Fsp3) is 0.455. The molecule has 0 fully saturated rings. The molecule has 1 rings (SSSR count). The Kier molecular flexibility index (Phi) is 4.04. The maximum atomic E-state index is 11.6. The molecule has 0 aromatic carbocycles. The van der Waals surface area contributed by atoms with Crippen LogP contribution in [0.5, 0.6) is 0 Å². The van der Waals surface area contributed by atoms with Gasteiger partial charge < -0.3 is 10.4 Å². The van der Waals surface area contributed by atoms with Crippen LogP contribution in [0, 0.1) is 0 Å². The van der Waals surface area contributed by atoms with Crippen molar-refractivity contribution in [2.24, 2.45) is 0 Å². The molecule has 0 radical (unpaired) electrons. The highest BCUT2D eigenvalue weighted by Crippen LogP contribution is 2.14. The number of amides is 1. The third-order valence-electron chi connectivity index (χ3n) is 1.78. The standard InChI is InChI=1S/C11H15BrN2O2/c1-11(2,3)14-10(16)9(15)8-5-4-7(12)6-13-8/h4-6,9,15H,1-3H3,(H,14,16). The zero-order chi connectivity index (χ0) is 12.3. The largest absolute Gasteiger partial charge is 0.377 e. The zero-order valence-corrected chi connectivity index (χ0v) is 11.1. The molecule has 88 valence electrons. The maximum Gasteiger partial charge on any atom is 0.255 e. The number of halogens is 1. The second-order valence-electron chi connectivity index (χ2n) is 4.54. The van der Waals surface area contributed by atoms with Crippen LogP contribution >= 0.6 is 15.9 Å². The number of nitrogens with one attached hydrogen (secondary N) is 1. The van der Waals surface area contributed by atoms with Gasteiger partial charge in [0.1, 0.15) is 0 Å². The van der Waals surface area contributed by atoms with E-state index in [1.807, 2.05) is 20.8 Å². The second kappa shape index (κ2) is 4.93. The first-order valence-corrected chi connectivity index (χ1v) is 5.70. The van der Waals surface area contributed by atoms with Crippen molar-refractivity contribution >= 4 is 21.8 Å². The third kappa shape index (κ3) is 3.90. The number of nitrogens with zero attached hydrogens (tertiary/aromatic N) is 1. The molecule has 16 heavy (non-hydrogen) atoms. The second-order valence-corrected chi connectivity index (χ2v) is 5.46. The van der Waals surface area contributed by atoms with Gasteiger partial charge in [-0.05, 0) is 48.8 Å². The van der Waals surface area contributed by atoms with Gasteiger partial charge in [0.05, 0.1) is 5.69 Å². The molecule has 0 aliphatic heterocycles. The van der Waals surface area contributed by atoms with Crippen LogP contribution in [0.15, 0.2) is 22.8 Å². The summed E-state index contributed by atoms with van der Waals surface area (Å²) in [6, 6.07) is 3.34. The van der Waals surface area contributed by atoms with Gasteiger partial charge in [-0.15, -0.1) is 0 Å². The third-order valence-corrected chi connectivity index (χ3v) is 2.25. The lowest BCUT2D eigenvalue weighted by Crippen LogP contribution is -2.43. The zero-order valence-electron chi connectivity index (χ0n) is 9.49.